The summed E-state index contributed by atoms with van der Waals surface area (Å²) in [5.41, 5.74) is 7.56. The van der Waals surface area contributed by atoms with Crippen LogP contribution in [-0.2, 0) is 4.79 Å². The molecule has 0 unspecified atom stereocenters. The van der Waals surface area contributed by atoms with E-state index in [4.69, 9.17) is 0 Å². The van der Waals surface area contributed by atoms with Crippen molar-refractivity contribution in [1.82, 2.24) is 0 Å². The van der Waals surface area contributed by atoms with E-state index in [0.29, 0.717) is 6.42 Å². The van der Waals surface area contributed by atoms with Gasteiger partial charge in [0.1, 0.15) is 0 Å². The topological polar surface area (TPSA) is 37.3 Å². The highest BCUT2D eigenvalue weighted by atomic mass is 16.3. The summed E-state index contributed by atoms with van der Waals surface area (Å²) in [6, 6.07) is 0. The minimum absolute atomic E-state index is 0.0443. The van der Waals surface area contributed by atoms with Crippen molar-refractivity contribution in [3.63, 3.8) is 0 Å². The van der Waals surface area contributed by atoms with Crippen molar-refractivity contribution in [3.05, 3.63) is 130 Å². The minimum atomic E-state index is -0.581. The maximum absolute atomic E-state index is 12.1. The quantitative estimate of drug-likeness (QED) is 0.212. The second kappa shape index (κ2) is 18.3. The molecule has 1 aliphatic rings. The molecule has 1 aliphatic carbocycles. The standard InChI is InChI=1S/C40H56O2/c1-31(19-13-21-33(3)22-14-23-34(4)25-16-29-40(9,10)42)17-11-12-18-32(2)20-15-24-35(5)26-27-37-36(6)38(41)28-30-39(37,7)8/h11-15,17-24,26-27,42H,16,25,28-30H2,1-10H3. The van der Waals surface area contributed by atoms with Crippen LogP contribution in [0.25, 0.3) is 0 Å². The van der Waals surface area contributed by atoms with Crippen LogP contribution in [0.3, 0.4) is 0 Å². The monoisotopic (exact) mass is 568 g/mol. The zero-order valence-corrected chi connectivity index (χ0v) is 28.1. The highest BCUT2D eigenvalue weighted by Crippen LogP contribution is 2.39. The molecule has 0 aromatic heterocycles. The normalized spacial score (nSPS) is 18.8. The highest BCUT2D eigenvalue weighted by Gasteiger charge is 2.30. The summed E-state index contributed by atoms with van der Waals surface area (Å²) in [6.45, 7) is 20.6. The number of Topliss-reactive ketones (excluding diaryl/α,β-unsaturated/α-hetero) is 1. The first-order valence-corrected chi connectivity index (χ1v) is 15.3. The van der Waals surface area contributed by atoms with Gasteiger partial charge in [-0.15, -0.1) is 0 Å². The first-order valence-electron chi connectivity index (χ1n) is 15.3. The van der Waals surface area contributed by atoms with E-state index in [0.717, 1.165) is 42.4 Å². The Bertz CT molecular complexity index is 1250. The molecule has 0 bridgehead atoms. The van der Waals surface area contributed by atoms with Gasteiger partial charge < -0.3 is 5.11 Å². The van der Waals surface area contributed by atoms with Gasteiger partial charge in [-0.1, -0.05) is 133 Å². The first kappa shape index (κ1) is 36.8. The number of carbonyl (C=O) groups excluding carboxylic acids is 1. The Labute approximate surface area is 257 Å². The van der Waals surface area contributed by atoms with E-state index in [1.165, 1.54) is 22.3 Å². The summed E-state index contributed by atoms with van der Waals surface area (Å²) >= 11 is 0. The zero-order chi connectivity index (χ0) is 31.8. The van der Waals surface area contributed by atoms with E-state index in [1.807, 2.05) is 20.8 Å². The van der Waals surface area contributed by atoms with Gasteiger partial charge in [-0.2, -0.15) is 0 Å². The maximum atomic E-state index is 12.1. The predicted octanol–water partition coefficient (Wildman–Crippen LogP) is 11.1. The summed E-state index contributed by atoms with van der Waals surface area (Å²) in [7, 11) is 0. The molecule has 0 atom stereocenters. The van der Waals surface area contributed by atoms with Crippen LogP contribution in [0.2, 0.25) is 0 Å². The van der Waals surface area contributed by atoms with Crippen LogP contribution in [0.5, 0.6) is 0 Å². The second-order valence-electron chi connectivity index (χ2n) is 13.0. The molecule has 1 N–H and O–H groups in total. The SMILES string of the molecule is CC(C=CC=C(C)C=CC=C(C)CCCC(C)(C)O)=CC=CC=C(C)C=CC=C(C)C=CC1=C(C)C(=O)CCC1(C)C. The third-order valence-electron chi connectivity index (χ3n) is 7.41. The highest BCUT2D eigenvalue weighted by molar-refractivity contribution is 5.97. The number of ketones is 1. The van der Waals surface area contributed by atoms with Crippen molar-refractivity contribution in [3.8, 4) is 0 Å². The molecule has 0 aliphatic heterocycles. The van der Waals surface area contributed by atoms with Crippen LogP contribution in [0, 0.1) is 5.41 Å². The van der Waals surface area contributed by atoms with Crippen molar-refractivity contribution >= 4 is 5.78 Å². The lowest BCUT2D eigenvalue weighted by Crippen LogP contribution is -2.24. The third-order valence-corrected chi connectivity index (χ3v) is 7.41. The molecule has 0 spiro atoms. The molecule has 0 radical (unpaired) electrons. The number of allylic oxidation sites excluding steroid dienone is 22. The van der Waals surface area contributed by atoms with E-state index in [2.05, 4.69) is 140 Å². The van der Waals surface area contributed by atoms with Gasteiger partial charge in [-0.3, -0.25) is 4.79 Å². The van der Waals surface area contributed by atoms with Crippen LogP contribution in [-0.4, -0.2) is 16.5 Å². The average molecular weight is 569 g/mol. The molecule has 1 rings (SSSR count). The summed E-state index contributed by atoms with van der Waals surface area (Å²) in [6.07, 6.45) is 35.9. The Morgan fingerprint density at radius 2 is 1.21 bits per heavy atom. The number of rotatable bonds is 14. The lowest BCUT2D eigenvalue weighted by atomic mass is 9.72. The number of hydrogen-bond acceptors (Lipinski definition) is 2. The van der Waals surface area contributed by atoms with Gasteiger partial charge in [0, 0.05) is 6.42 Å². The smallest absolute Gasteiger partial charge is 0.158 e. The summed E-state index contributed by atoms with van der Waals surface area (Å²) < 4.78 is 0. The van der Waals surface area contributed by atoms with Crippen LogP contribution in [0.4, 0.5) is 0 Å². The predicted molar refractivity (Wildman–Crippen MR) is 185 cm³/mol. The molecule has 0 amide bonds. The van der Waals surface area contributed by atoms with Crippen molar-refractivity contribution in [2.75, 3.05) is 0 Å². The number of hydrogen-bond donors (Lipinski definition) is 1. The van der Waals surface area contributed by atoms with E-state index >= 15 is 0 Å². The third kappa shape index (κ3) is 16.3. The lowest BCUT2D eigenvalue weighted by Gasteiger charge is -2.32. The molecular formula is C40H56O2. The Kier molecular flexibility index (Phi) is 16.1. The van der Waals surface area contributed by atoms with E-state index < -0.39 is 5.60 Å². The molecule has 42 heavy (non-hydrogen) atoms. The van der Waals surface area contributed by atoms with Crippen LogP contribution in [0.1, 0.15) is 101 Å². The fourth-order valence-electron chi connectivity index (χ4n) is 4.56. The van der Waals surface area contributed by atoms with E-state index in [1.54, 1.807) is 0 Å². The van der Waals surface area contributed by atoms with Crippen molar-refractivity contribution in [1.29, 1.82) is 0 Å². The average Bonchev–Trinajstić information content (AvgIpc) is 2.88. The van der Waals surface area contributed by atoms with E-state index in [9.17, 15) is 9.90 Å². The van der Waals surface area contributed by atoms with Crippen LogP contribution >= 0.6 is 0 Å². The van der Waals surface area contributed by atoms with E-state index in [-0.39, 0.29) is 11.2 Å². The summed E-state index contributed by atoms with van der Waals surface area (Å²) in [5.74, 6) is 0.274. The molecule has 0 aromatic rings. The number of aliphatic hydroxyl groups is 1. The van der Waals surface area contributed by atoms with Crippen LogP contribution in [0.15, 0.2) is 130 Å². The molecule has 0 aromatic carbocycles. The van der Waals surface area contributed by atoms with Crippen LogP contribution < -0.4 is 0 Å². The largest absolute Gasteiger partial charge is 0.390 e. The fourth-order valence-corrected chi connectivity index (χ4v) is 4.56. The van der Waals surface area contributed by atoms with Gasteiger partial charge in [0.15, 0.2) is 5.78 Å². The molecule has 0 saturated heterocycles. The van der Waals surface area contributed by atoms with Gasteiger partial charge in [0.2, 0.25) is 0 Å². The van der Waals surface area contributed by atoms with Gasteiger partial charge in [0.05, 0.1) is 5.60 Å². The lowest BCUT2D eigenvalue weighted by molar-refractivity contribution is -0.116. The maximum Gasteiger partial charge on any atom is 0.158 e. The van der Waals surface area contributed by atoms with Gasteiger partial charge >= 0.3 is 0 Å². The van der Waals surface area contributed by atoms with Gasteiger partial charge in [-0.25, -0.2) is 0 Å². The molecule has 0 heterocycles. The van der Waals surface area contributed by atoms with Crippen molar-refractivity contribution in [2.24, 2.45) is 5.41 Å². The minimum Gasteiger partial charge on any atom is -0.390 e. The van der Waals surface area contributed by atoms with Gasteiger partial charge in [0.25, 0.3) is 0 Å². The molecule has 2 heteroatoms. The second-order valence-corrected chi connectivity index (χ2v) is 13.0. The van der Waals surface area contributed by atoms with Crippen molar-refractivity contribution in [2.45, 2.75) is 107 Å². The molecule has 0 fully saturated rings. The first-order chi connectivity index (χ1) is 19.6. The number of carbonyl (C=O) groups is 1. The molecule has 2 nitrogen and oxygen atoms in total. The van der Waals surface area contributed by atoms with Crippen molar-refractivity contribution < 1.29 is 9.90 Å². The molecule has 228 valence electrons. The Morgan fingerprint density at radius 3 is 1.71 bits per heavy atom. The molecule has 0 saturated carbocycles. The fraction of sp³-hybridized carbons (Fsp3) is 0.425. The van der Waals surface area contributed by atoms with Gasteiger partial charge in [-0.05, 0) is 97.6 Å². The Hall–Kier alpha value is -3.23. The Morgan fingerprint density at radius 1 is 0.762 bits per heavy atom. The summed E-state index contributed by atoms with van der Waals surface area (Å²) in [5, 5.41) is 9.82. The zero-order valence-electron chi connectivity index (χ0n) is 28.1. The Balaban J connectivity index is 2.60. The summed E-state index contributed by atoms with van der Waals surface area (Å²) in [4.78, 5) is 12.1. The molecular weight excluding hydrogens is 512 g/mol.